The van der Waals surface area contributed by atoms with Crippen molar-refractivity contribution in [2.75, 3.05) is 29.5 Å². The SMILES string of the molecule is CCCS(=O)(=O)CCN1CCC(O)c2ccccc21. The molecule has 106 valence electrons. The Morgan fingerprint density at radius 2 is 2.05 bits per heavy atom. The van der Waals surface area contributed by atoms with Gasteiger partial charge in [0.05, 0.1) is 11.9 Å². The van der Waals surface area contributed by atoms with Gasteiger partial charge in [0.1, 0.15) is 0 Å². The van der Waals surface area contributed by atoms with Gasteiger partial charge in [-0.05, 0) is 18.9 Å². The summed E-state index contributed by atoms with van der Waals surface area (Å²) in [5.74, 6) is 0.441. The molecule has 0 spiro atoms. The van der Waals surface area contributed by atoms with Crippen LogP contribution in [0.2, 0.25) is 0 Å². The van der Waals surface area contributed by atoms with Gasteiger partial charge in [0.2, 0.25) is 0 Å². The zero-order chi connectivity index (χ0) is 13.9. The van der Waals surface area contributed by atoms with Crippen molar-refractivity contribution in [2.45, 2.75) is 25.9 Å². The average molecular weight is 283 g/mol. The van der Waals surface area contributed by atoms with Crippen molar-refractivity contribution >= 4 is 15.5 Å². The molecule has 1 aromatic rings. The number of fused-ring (bicyclic) bond motifs is 1. The van der Waals surface area contributed by atoms with Gasteiger partial charge in [-0.15, -0.1) is 0 Å². The molecule has 1 aliphatic heterocycles. The fourth-order valence-electron chi connectivity index (χ4n) is 2.51. The fourth-order valence-corrected chi connectivity index (χ4v) is 3.83. The quantitative estimate of drug-likeness (QED) is 0.894. The van der Waals surface area contributed by atoms with Crippen molar-refractivity contribution in [1.82, 2.24) is 0 Å². The molecule has 1 atom stereocenters. The molecule has 19 heavy (non-hydrogen) atoms. The average Bonchev–Trinajstić information content (AvgIpc) is 2.38. The van der Waals surface area contributed by atoms with Gasteiger partial charge in [-0.2, -0.15) is 0 Å². The number of hydrogen-bond acceptors (Lipinski definition) is 4. The second kappa shape index (κ2) is 5.92. The first kappa shape index (κ1) is 14.3. The number of anilines is 1. The highest BCUT2D eigenvalue weighted by Crippen LogP contribution is 2.33. The molecule has 1 N–H and O–H groups in total. The van der Waals surface area contributed by atoms with E-state index in [1.165, 1.54) is 0 Å². The maximum Gasteiger partial charge on any atom is 0.152 e. The summed E-state index contributed by atoms with van der Waals surface area (Å²) in [6.45, 7) is 3.09. The number of sulfone groups is 1. The predicted octanol–water partition coefficient (Wildman–Crippen LogP) is 1.75. The van der Waals surface area contributed by atoms with Crippen molar-refractivity contribution in [3.05, 3.63) is 29.8 Å². The molecule has 0 aliphatic carbocycles. The van der Waals surface area contributed by atoms with Gasteiger partial charge in [0.15, 0.2) is 9.84 Å². The topological polar surface area (TPSA) is 57.6 Å². The van der Waals surface area contributed by atoms with E-state index in [2.05, 4.69) is 4.90 Å². The third-order valence-corrected chi connectivity index (χ3v) is 5.33. The molecule has 1 aromatic carbocycles. The van der Waals surface area contributed by atoms with Crippen LogP contribution >= 0.6 is 0 Å². The minimum atomic E-state index is -2.95. The van der Waals surface area contributed by atoms with E-state index in [0.29, 0.717) is 25.9 Å². The van der Waals surface area contributed by atoms with E-state index < -0.39 is 15.9 Å². The number of aliphatic hydroxyl groups is 1. The van der Waals surface area contributed by atoms with Gasteiger partial charge < -0.3 is 10.0 Å². The summed E-state index contributed by atoms with van der Waals surface area (Å²) >= 11 is 0. The largest absolute Gasteiger partial charge is 0.388 e. The molecular formula is C14H21NO3S. The van der Waals surface area contributed by atoms with E-state index in [4.69, 9.17) is 0 Å². The third-order valence-electron chi connectivity index (χ3n) is 3.50. The standard InChI is InChI=1S/C14H21NO3S/c1-2-10-19(17,18)11-9-15-8-7-14(16)12-5-3-4-6-13(12)15/h3-6,14,16H,2,7-11H2,1H3. The maximum atomic E-state index is 11.8. The van der Waals surface area contributed by atoms with Gasteiger partial charge in [-0.25, -0.2) is 8.42 Å². The second-order valence-corrected chi connectivity index (χ2v) is 7.31. The highest BCUT2D eigenvalue weighted by Gasteiger charge is 2.23. The molecule has 0 fully saturated rings. The van der Waals surface area contributed by atoms with Crippen LogP contribution in [0.5, 0.6) is 0 Å². The van der Waals surface area contributed by atoms with Crippen LogP contribution in [0.4, 0.5) is 5.69 Å². The molecule has 5 heteroatoms. The van der Waals surface area contributed by atoms with E-state index in [1.54, 1.807) is 0 Å². The molecule has 0 saturated carbocycles. The number of para-hydroxylation sites is 1. The number of rotatable bonds is 5. The number of benzene rings is 1. The lowest BCUT2D eigenvalue weighted by atomic mass is 9.99. The van der Waals surface area contributed by atoms with Crippen LogP contribution in [0.3, 0.4) is 0 Å². The summed E-state index contributed by atoms with van der Waals surface area (Å²) in [6, 6.07) is 7.68. The Kier molecular flexibility index (Phi) is 4.47. The monoisotopic (exact) mass is 283 g/mol. The minimum absolute atomic E-state index is 0.186. The normalized spacial score (nSPS) is 19.3. The van der Waals surface area contributed by atoms with Crippen molar-refractivity contribution in [3.8, 4) is 0 Å². The second-order valence-electron chi connectivity index (χ2n) is 5.00. The van der Waals surface area contributed by atoms with Crippen LogP contribution in [0.1, 0.15) is 31.4 Å². The molecule has 0 amide bonds. The molecule has 0 aromatic heterocycles. The Hall–Kier alpha value is -1.07. The van der Waals surface area contributed by atoms with E-state index >= 15 is 0 Å². The first-order valence-electron chi connectivity index (χ1n) is 6.76. The van der Waals surface area contributed by atoms with E-state index in [-0.39, 0.29) is 11.5 Å². The summed E-state index contributed by atoms with van der Waals surface area (Å²) < 4.78 is 23.5. The molecule has 1 aliphatic rings. The first-order chi connectivity index (χ1) is 9.03. The Labute approximate surface area is 115 Å². The van der Waals surface area contributed by atoms with Crippen molar-refractivity contribution in [1.29, 1.82) is 0 Å². The van der Waals surface area contributed by atoms with Crippen LogP contribution in [0, 0.1) is 0 Å². The fraction of sp³-hybridized carbons (Fsp3) is 0.571. The maximum absolute atomic E-state index is 11.8. The van der Waals surface area contributed by atoms with Crippen LogP contribution in [-0.2, 0) is 9.84 Å². The zero-order valence-corrected chi connectivity index (χ0v) is 12.1. The Morgan fingerprint density at radius 3 is 2.79 bits per heavy atom. The number of aliphatic hydroxyl groups excluding tert-OH is 1. The summed E-state index contributed by atoms with van der Waals surface area (Å²) in [4.78, 5) is 2.06. The van der Waals surface area contributed by atoms with Crippen molar-refractivity contribution in [3.63, 3.8) is 0 Å². The number of nitrogens with zero attached hydrogens (tertiary/aromatic N) is 1. The molecule has 4 nitrogen and oxygen atoms in total. The van der Waals surface area contributed by atoms with Crippen molar-refractivity contribution < 1.29 is 13.5 Å². The molecular weight excluding hydrogens is 262 g/mol. The smallest absolute Gasteiger partial charge is 0.152 e. The summed E-state index contributed by atoms with van der Waals surface area (Å²) in [5, 5.41) is 9.95. The lowest BCUT2D eigenvalue weighted by Crippen LogP contribution is -2.35. The van der Waals surface area contributed by atoms with Gasteiger partial charge in [0, 0.05) is 30.1 Å². The minimum Gasteiger partial charge on any atom is -0.388 e. The molecule has 0 radical (unpaired) electrons. The van der Waals surface area contributed by atoms with Gasteiger partial charge >= 0.3 is 0 Å². The van der Waals surface area contributed by atoms with E-state index in [1.807, 2.05) is 31.2 Å². The first-order valence-corrected chi connectivity index (χ1v) is 8.58. The summed E-state index contributed by atoms with van der Waals surface area (Å²) in [5.41, 5.74) is 1.87. The van der Waals surface area contributed by atoms with Crippen molar-refractivity contribution in [2.24, 2.45) is 0 Å². The Balaban J connectivity index is 2.09. The highest BCUT2D eigenvalue weighted by molar-refractivity contribution is 7.91. The molecule has 1 unspecified atom stereocenters. The lowest BCUT2D eigenvalue weighted by Gasteiger charge is -2.33. The molecule has 0 bridgehead atoms. The van der Waals surface area contributed by atoms with E-state index in [0.717, 1.165) is 11.3 Å². The summed E-state index contributed by atoms with van der Waals surface area (Å²) in [7, 11) is -2.95. The molecule has 2 rings (SSSR count). The third kappa shape index (κ3) is 3.48. The van der Waals surface area contributed by atoms with Gasteiger partial charge in [-0.3, -0.25) is 0 Å². The Morgan fingerprint density at radius 1 is 1.32 bits per heavy atom. The number of hydrogen-bond donors (Lipinski definition) is 1. The van der Waals surface area contributed by atoms with Crippen LogP contribution in [0.25, 0.3) is 0 Å². The van der Waals surface area contributed by atoms with Gasteiger partial charge in [0.25, 0.3) is 0 Å². The lowest BCUT2D eigenvalue weighted by molar-refractivity contribution is 0.164. The van der Waals surface area contributed by atoms with Crippen LogP contribution in [0.15, 0.2) is 24.3 Å². The molecule has 1 heterocycles. The van der Waals surface area contributed by atoms with E-state index in [9.17, 15) is 13.5 Å². The molecule has 0 saturated heterocycles. The van der Waals surface area contributed by atoms with Gasteiger partial charge in [-0.1, -0.05) is 25.1 Å². The highest BCUT2D eigenvalue weighted by atomic mass is 32.2. The Bertz CT molecular complexity index is 527. The van der Waals surface area contributed by atoms with Crippen LogP contribution in [-0.4, -0.2) is 38.1 Å². The predicted molar refractivity (Wildman–Crippen MR) is 77.2 cm³/mol. The zero-order valence-electron chi connectivity index (χ0n) is 11.2. The van der Waals surface area contributed by atoms with Crippen LogP contribution < -0.4 is 4.90 Å². The summed E-state index contributed by atoms with van der Waals surface area (Å²) in [6.07, 6.45) is 0.891.